The molecule has 0 unspecified atom stereocenters. The van der Waals surface area contributed by atoms with Crippen LogP contribution in [0.4, 0.5) is 5.69 Å². The topological polar surface area (TPSA) is 75.7 Å². The number of hydrogen-bond donors (Lipinski definition) is 1. The van der Waals surface area contributed by atoms with Crippen LogP contribution >= 0.6 is 11.6 Å². The SMILES string of the molecule is CCOc1ccccc1C(=O)[C@@H]1[C@H](C(=O)c2ccccc2Cl)N2C=Cc3ccccc3[C@H]2[C@]12C(=O)Nc1ccccc12. The van der Waals surface area contributed by atoms with Gasteiger partial charge < -0.3 is 15.0 Å². The first-order chi connectivity index (χ1) is 20.5. The maximum absolute atomic E-state index is 15.0. The molecule has 1 saturated heterocycles. The number of ether oxygens (including phenoxy) is 1. The Kier molecular flexibility index (Phi) is 6.24. The monoisotopic (exact) mass is 574 g/mol. The molecule has 42 heavy (non-hydrogen) atoms. The van der Waals surface area contributed by atoms with Crippen molar-refractivity contribution < 1.29 is 19.1 Å². The minimum absolute atomic E-state index is 0.290. The number of fused-ring (bicyclic) bond motifs is 6. The summed E-state index contributed by atoms with van der Waals surface area (Å²) in [6.45, 7) is 2.21. The van der Waals surface area contributed by atoms with Gasteiger partial charge >= 0.3 is 0 Å². The van der Waals surface area contributed by atoms with Crippen molar-refractivity contribution in [2.75, 3.05) is 11.9 Å². The van der Waals surface area contributed by atoms with Crippen molar-refractivity contribution in [3.8, 4) is 5.75 Å². The molecule has 0 aromatic heterocycles. The van der Waals surface area contributed by atoms with Gasteiger partial charge in [0.1, 0.15) is 17.2 Å². The summed E-state index contributed by atoms with van der Waals surface area (Å²) in [7, 11) is 0. The van der Waals surface area contributed by atoms with Gasteiger partial charge in [0.2, 0.25) is 5.91 Å². The lowest BCUT2D eigenvalue weighted by Crippen LogP contribution is -2.49. The van der Waals surface area contributed by atoms with Gasteiger partial charge in [0.15, 0.2) is 11.6 Å². The molecule has 1 spiro atoms. The molecule has 0 bridgehead atoms. The van der Waals surface area contributed by atoms with Crippen LogP contribution in [0, 0.1) is 5.92 Å². The summed E-state index contributed by atoms with van der Waals surface area (Å²) in [5.74, 6) is -1.66. The molecule has 4 aromatic carbocycles. The Bertz CT molecular complexity index is 1800. The van der Waals surface area contributed by atoms with Crippen LogP contribution in [0.15, 0.2) is 103 Å². The maximum Gasteiger partial charge on any atom is 0.238 e. The standard InChI is InChI=1S/C35H27ClN2O4/c1-2-42-28-18-10-6-14-24(28)31(39)29-30(32(40)23-13-5-8-16-26(23)36)38-20-19-21-11-3-4-12-22(21)33(38)35(29)25-15-7-9-17-27(25)37-34(35)41/h3-20,29-30,33H,2H2,1H3,(H,37,41)/t29-,30+,33-,35+/m0/s1. The van der Waals surface area contributed by atoms with Gasteiger partial charge in [-0.2, -0.15) is 0 Å². The van der Waals surface area contributed by atoms with E-state index in [1.54, 1.807) is 48.5 Å². The zero-order valence-corrected chi connectivity index (χ0v) is 23.5. The number of Topliss-reactive ketones (excluding diaryl/α,β-unsaturated/α-hetero) is 2. The summed E-state index contributed by atoms with van der Waals surface area (Å²) in [4.78, 5) is 46.2. The van der Waals surface area contributed by atoms with Crippen molar-refractivity contribution in [1.82, 2.24) is 4.90 Å². The van der Waals surface area contributed by atoms with Crippen molar-refractivity contribution in [2.24, 2.45) is 5.92 Å². The highest BCUT2D eigenvalue weighted by Gasteiger charge is 2.71. The lowest BCUT2D eigenvalue weighted by atomic mass is 9.62. The molecular formula is C35H27ClN2O4. The molecule has 4 atom stereocenters. The second-order valence-electron chi connectivity index (χ2n) is 10.7. The number of hydrogen-bond acceptors (Lipinski definition) is 5. The summed E-state index contributed by atoms with van der Waals surface area (Å²) in [5, 5.41) is 3.36. The van der Waals surface area contributed by atoms with Crippen molar-refractivity contribution in [3.05, 3.63) is 136 Å². The number of rotatable bonds is 6. The second-order valence-corrected chi connectivity index (χ2v) is 11.1. The number of ketones is 2. The molecular weight excluding hydrogens is 548 g/mol. The molecule has 3 aliphatic rings. The molecule has 4 aromatic rings. The molecule has 7 rings (SSSR count). The van der Waals surface area contributed by atoms with Crippen LogP contribution in [0.1, 0.15) is 50.4 Å². The van der Waals surface area contributed by atoms with E-state index in [-0.39, 0.29) is 17.5 Å². The van der Waals surface area contributed by atoms with Gasteiger partial charge in [0, 0.05) is 17.5 Å². The number of nitrogens with zero attached hydrogens (tertiary/aromatic N) is 1. The van der Waals surface area contributed by atoms with E-state index < -0.39 is 23.4 Å². The van der Waals surface area contributed by atoms with Crippen LogP contribution in [0.3, 0.4) is 0 Å². The Labute approximate surface area is 248 Å². The molecule has 208 valence electrons. The van der Waals surface area contributed by atoms with Crippen LogP contribution in [0.2, 0.25) is 5.02 Å². The fourth-order valence-corrected chi connectivity index (χ4v) is 7.34. The molecule has 1 N–H and O–H groups in total. The van der Waals surface area contributed by atoms with E-state index in [0.717, 1.165) is 11.1 Å². The van der Waals surface area contributed by atoms with Crippen LogP contribution in [0.25, 0.3) is 6.08 Å². The van der Waals surface area contributed by atoms with Crippen LogP contribution in [-0.2, 0) is 10.2 Å². The van der Waals surface area contributed by atoms with Gasteiger partial charge in [-0.05, 0) is 60.0 Å². The molecule has 0 aliphatic carbocycles. The van der Waals surface area contributed by atoms with Crippen LogP contribution in [0.5, 0.6) is 5.75 Å². The highest BCUT2D eigenvalue weighted by Crippen LogP contribution is 2.62. The van der Waals surface area contributed by atoms with Gasteiger partial charge in [0.25, 0.3) is 0 Å². The van der Waals surface area contributed by atoms with Gasteiger partial charge in [-0.15, -0.1) is 0 Å². The van der Waals surface area contributed by atoms with E-state index in [2.05, 4.69) is 5.32 Å². The van der Waals surface area contributed by atoms with E-state index in [1.165, 1.54) is 0 Å². The van der Waals surface area contributed by atoms with E-state index in [9.17, 15) is 9.59 Å². The zero-order valence-electron chi connectivity index (χ0n) is 22.8. The third-order valence-electron chi connectivity index (χ3n) is 8.71. The van der Waals surface area contributed by atoms with E-state index >= 15 is 4.79 Å². The number of para-hydroxylation sites is 2. The largest absolute Gasteiger partial charge is 0.493 e. The molecule has 3 aliphatic heterocycles. The number of carbonyl (C=O) groups is 3. The van der Waals surface area contributed by atoms with Gasteiger partial charge in [-0.1, -0.05) is 78.3 Å². The number of amides is 1. The van der Waals surface area contributed by atoms with E-state index in [4.69, 9.17) is 16.3 Å². The van der Waals surface area contributed by atoms with Gasteiger partial charge in [-0.25, -0.2) is 0 Å². The summed E-state index contributed by atoms with van der Waals surface area (Å²) >= 11 is 6.58. The van der Waals surface area contributed by atoms with Gasteiger partial charge in [-0.3, -0.25) is 14.4 Å². The predicted molar refractivity (Wildman–Crippen MR) is 162 cm³/mol. The predicted octanol–water partition coefficient (Wildman–Crippen LogP) is 6.72. The highest BCUT2D eigenvalue weighted by atomic mass is 35.5. The molecule has 7 heteroatoms. The number of carbonyl (C=O) groups excluding carboxylic acids is 3. The average Bonchev–Trinajstić information content (AvgIpc) is 3.49. The summed E-state index contributed by atoms with van der Waals surface area (Å²) in [6, 6.07) is 27.5. The fourth-order valence-electron chi connectivity index (χ4n) is 7.11. The summed E-state index contributed by atoms with van der Waals surface area (Å²) in [5.41, 5.74) is 2.34. The normalized spacial score (nSPS) is 23.2. The Hall–Kier alpha value is -4.68. The molecule has 1 amide bonds. The highest BCUT2D eigenvalue weighted by molar-refractivity contribution is 6.34. The maximum atomic E-state index is 15.0. The van der Waals surface area contributed by atoms with E-state index in [1.807, 2.05) is 72.6 Å². The lowest BCUT2D eigenvalue weighted by Gasteiger charge is -2.38. The van der Waals surface area contributed by atoms with Crippen LogP contribution < -0.4 is 10.1 Å². The number of nitrogens with one attached hydrogen (secondary N) is 1. The van der Waals surface area contributed by atoms with Crippen molar-refractivity contribution >= 4 is 40.8 Å². The first-order valence-electron chi connectivity index (χ1n) is 14.0. The molecule has 0 radical (unpaired) electrons. The van der Waals surface area contributed by atoms with Crippen LogP contribution in [-0.4, -0.2) is 35.0 Å². The molecule has 6 nitrogen and oxygen atoms in total. The lowest BCUT2D eigenvalue weighted by molar-refractivity contribution is -0.122. The third-order valence-corrected chi connectivity index (χ3v) is 9.04. The van der Waals surface area contributed by atoms with Crippen molar-refractivity contribution in [3.63, 3.8) is 0 Å². The minimum atomic E-state index is -1.42. The average molecular weight is 575 g/mol. The Balaban J connectivity index is 1.55. The molecule has 3 heterocycles. The van der Waals surface area contributed by atoms with Gasteiger partial charge in [0.05, 0.1) is 29.2 Å². The quantitative estimate of drug-likeness (QED) is 0.259. The minimum Gasteiger partial charge on any atom is -0.493 e. The van der Waals surface area contributed by atoms with Crippen molar-refractivity contribution in [1.29, 1.82) is 0 Å². The Morgan fingerprint density at radius 2 is 1.57 bits per heavy atom. The van der Waals surface area contributed by atoms with Crippen molar-refractivity contribution in [2.45, 2.75) is 24.4 Å². The molecule has 1 fully saturated rings. The fraction of sp³-hybridized carbons (Fsp3) is 0.171. The first kappa shape index (κ1) is 26.2. The Morgan fingerprint density at radius 1 is 0.881 bits per heavy atom. The second kappa shape index (κ2) is 10.00. The number of benzene rings is 4. The smallest absolute Gasteiger partial charge is 0.238 e. The number of halogens is 1. The summed E-state index contributed by atoms with van der Waals surface area (Å²) in [6.07, 6.45) is 3.79. The summed E-state index contributed by atoms with van der Waals surface area (Å²) < 4.78 is 5.88. The zero-order chi connectivity index (χ0) is 29.0. The first-order valence-corrected chi connectivity index (χ1v) is 14.4. The third kappa shape index (κ3) is 3.61. The Morgan fingerprint density at radius 3 is 2.38 bits per heavy atom. The van der Waals surface area contributed by atoms with E-state index in [0.29, 0.717) is 39.8 Å². The molecule has 0 saturated carbocycles. The number of anilines is 1.